The first-order chi connectivity index (χ1) is 15.0. The lowest BCUT2D eigenvalue weighted by Crippen LogP contribution is -2.50. The molecular weight excluding hydrogens is 421 g/mol. The molecule has 2 fully saturated rings. The summed E-state index contributed by atoms with van der Waals surface area (Å²) in [5.41, 5.74) is 2.34. The molecule has 1 N–H and O–H groups in total. The fraction of sp³-hybridized carbons (Fsp3) is 0.652. The van der Waals surface area contributed by atoms with Crippen LogP contribution in [0, 0.1) is 11.3 Å². The first-order valence-electron chi connectivity index (χ1n) is 11.2. The predicted molar refractivity (Wildman–Crippen MR) is 114 cm³/mol. The fourth-order valence-electron chi connectivity index (χ4n) is 4.96. The lowest BCUT2D eigenvalue weighted by atomic mass is 9.68. The molecule has 2 aliphatic heterocycles. The predicted octanol–water partition coefficient (Wildman–Crippen LogP) is 4.14. The number of nitrogens with one attached hydrogen (secondary N) is 1. The topological polar surface area (TPSA) is 57.7 Å². The Bertz CT molecular complexity index is 878. The van der Waals surface area contributed by atoms with Crippen molar-refractivity contribution in [3.8, 4) is 0 Å². The highest BCUT2D eigenvalue weighted by atomic mass is 19.4. The second-order valence-electron chi connectivity index (χ2n) is 10.1. The number of hydrogen-bond donors (Lipinski definition) is 1. The molecule has 1 spiro atoms. The van der Waals surface area contributed by atoms with Gasteiger partial charge in [0.1, 0.15) is 17.1 Å². The van der Waals surface area contributed by atoms with Crippen LogP contribution in [-0.2, 0) is 15.8 Å². The molecule has 4 rings (SSSR count). The summed E-state index contributed by atoms with van der Waals surface area (Å²) in [6, 6.07) is 2.33. The first kappa shape index (κ1) is 22.9. The zero-order valence-corrected chi connectivity index (χ0v) is 18.8. The fourth-order valence-corrected chi connectivity index (χ4v) is 4.96. The van der Waals surface area contributed by atoms with E-state index in [2.05, 4.69) is 31.2 Å². The molecule has 0 radical (unpaired) electrons. The Morgan fingerprint density at radius 3 is 2.41 bits per heavy atom. The van der Waals surface area contributed by atoms with Gasteiger partial charge in [0.15, 0.2) is 0 Å². The minimum absolute atomic E-state index is 0.0804. The molecule has 1 aromatic heterocycles. The number of carbonyl (C=O) groups excluding carboxylic acids is 1. The number of hydrogen-bond acceptors (Lipinski definition) is 5. The SMILES string of the molecule is CC(C)(C)C1CCC2(C=C(C(=O)N3CCN(c4ncccc4C(F)(F)F)CC3)NO2)CC1. The van der Waals surface area contributed by atoms with Crippen LogP contribution < -0.4 is 10.4 Å². The summed E-state index contributed by atoms with van der Waals surface area (Å²) in [5, 5.41) is 0. The van der Waals surface area contributed by atoms with E-state index in [1.807, 2.05) is 6.08 Å². The van der Waals surface area contributed by atoms with Crippen molar-refractivity contribution in [1.29, 1.82) is 0 Å². The second-order valence-corrected chi connectivity index (χ2v) is 10.1. The van der Waals surface area contributed by atoms with E-state index in [1.54, 1.807) is 9.80 Å². The Morgan fingerprint density at radius 1 is 1.16 bits per heavy atom. The van der Waals surface area contributed by atoms with E-state index in [9.17, 15) is 18.0 Å². The third-order valence-electron chi connectivity index (χ3n) is 7.02. The van der Waals surface area contributed by atoms with E-state index in [-0.39, 0.29) is 17.1 Å². The summed E-state index contributed by atoms with van der Waals surface area (Å²) in [4.78, 5) is 26.1. The highest BCUT2D eigenvalue weighted by molar-refractivity contribution is 5.93. The van der Waals surface area contributed by atoms with Crippen LogP contribution in [0.4, 0.5) is 19.0 Å². The Kier molecular flexibility index (Phi) is 5.90. The maximum Gasteiger partial charge on any atom is 0.419 e. The van der Waals surface area contributed by atoms with E-state index >= 15 is 0 Å². The van der Waals surface area contributed by atoms with Gasteiger partial charge >= 0.3 is 6.18 Å². The zero-order chi connectivity index (χ0) is 23.1. The maximum absolute atomic E-state index is 13.3. The average Bonchev–Trinajstić information content (AvgIpc) is 3.16. The molecule has 3 aliphatic rings. The molecule has 1 aliphatic carbocycles. The summed E-state index contributed by atoms with van der Waals surface area (Å²) in [6.07, 6.45) is 2.65. The minimum Gasteiger partial charge on any atom is -0.353 e. The molecule has 1 saturated carbocycles. The van der Waals surface area contributed by atoms with E-state index in [0.717, 1.165) is 31.7 Å². The molecule has 1 aromatic rings. The van der Waals surface area contributed by atoms with E-state index < -0.39 is 17.3 Å². The molecule has 9 heteroatoms. The number of amides is 1. The van der Waals surface area contributed by atoms with Crippen molar-refractivity contribution in [3.63, 3.8) is 0 Å². The number of aromatic nitrogens is 1. The van der Waals surface area contributed by atoms with Crippen LogP contribution in [0.15, 0.2) is 30.1 Å². The van der Waals surface area contributed by atoms with Gasteiger partial charge in [-0.1, -0.05) is 20.8 Å². The third kappa shape index (κ3) is 4.58. The van der Waals surface area contributed by atoms with E-state index in [0.29, 0.717) is 37.8 Å². The number of pyridine rings is 1. The van der Waals surface area contributed by atoms with Gasteiger partial charge in [0.2, 0.25) is 0 Å². The average molecular weight is 453 g/mol. The summed E-state index contributed by atoms with van der Waals surface area (Å²) < 4.78 is 39.9. The summed E-state index contributed by atoms with van der Waals surface area (Å²) in [5.74, 6) is 0.380. The highest BCUT2D eigenvalue weighted by Crippen LogP contribution is 2.45. The quantitative estimate of drug-likeness (QED) is 0.731. The van der Waals surface area contributed by atoms with Gasteiger partial charge in [-0.2, -0.15) is 13.2 Å². The largest absolute Gasteiger partial charge is 0.419 e. The van der Waals surface area contributed by atoms with Crippen LogP contribution in [0.3, 0.4) is 0 Å². The van der Waals surface area contributed by atoms with Crippen molar-refractivity contribution in [2.24, 2.45) is 11.3 Å². The van der Waals surface area contributed by atoms with Crippen molar-refractivity contribution < 1.29 is 22.8 Å². The molecule has 0 atom stereocenters. The number of rotatable bonds is 2. The monoisotopic (exact) mass is 452 g/mol. The third-order valence-corrected chi connectivity index (χ3v) is 7.02. The normalized spacial score (nSPS) is 26.8. The van der Waals surface area contributed by atoms with Gasteiger partial charge in [-0.3, -0.25) is 15.1 Å². The maximum atomic E-state index is 13.3. The lowest BCUT2D eigenvalue weighted by Gasteiger charge is -2.40. The Labute approximate surface area is 186 Å². The van der Waals surface area contributed by atoms with Crippen molar-refractivity contribution >= 4 is 11.7 Å². The molecule has 1 amide bonds. The highest BCUT2D eigenvalue weighted by Gasteiger charge is 2.43. The van der Waals surface area contributed by atoms with Crippen LogP contribution in [0.2, 0.25) is 0 Å². The van der Waals surface area contributed by atoms with Gasteiger partial charge in [0, 0.05) is 32.4 Å². The van der Waals surface area contributed by atoms with Crippen LogP contribution in [-0.4, -0.2) is 47.6 Å². The first-order valence-corrected chi connectivity index (χ1v) is 11.2. The standard InChI is InChI=1S/C23H31F3N4O2/c1-21(2,3)16-6-8-22(9-7-16)15-18(28-32-22)20(31)30-13-11-29(12-14-30)19-17(23(24,25)26)5-4-10-27-19/h4-5,10,15-16,28H,6-9,11-14H2,1-3H3. The smallest absolute Gasteiger partial charge is 0.353 e. The summed E-state index contributed by atoms with van der Waals surface area (Å²) >= 11 is 0. The Morgan fingerprint density at radius 2 is 1.81 bits per heavy atom. The molecule has 176 valence electrons. The molecule has 3 heterocycles. The molecule has 32 heavy (non-hydrogen) atoms. The number of nitrogens with zero attached hydrogens (tertiary/aromatic N) is 3. The van der Waals surface area contributed by atoms with Crippen molar-refractivity contribution in [2.45, 2.75) is 58.2 Å². The number of hydroxylamine groups is 1. The van der Waals surface area contributed by atoms with Gasteiger partial charge < -0.3 is 9.80 Å². The molecule has 0 aromatic carbocycles. The minimum atomic E-state index is -4.47. The van der Waals surface area contributed by atoms with Crippen LogP contribution in [0.5, 0.6) is 0 Å². The van der Waals surface area contributed by atoms with Gasteiger partial charge in [0.05, 0.1) is 5.56 Å². The molecule has 1 saturated heterocycles. The van der Waals surface area contributed by atoms with Crippen LogP contribution >= 0.6 is 0 Å². The van der Waals surface area contributed by atoms with Crippen LogP contribution in [0.1, 0.15) is 52.0 Å². The van der Waals surface area contributed by atoms with Gasteiger partial charge in [-0.05, 0) is 55.2 Å². The van der Waals surface area contributed by atoms with Gasteiger partial charge in [-0.15, -0.1) is 0 Å². The van der Waals surface area contributed by atoms with Crippen LogP contribution in [0.25, 0.3) is 0 Å². The summed E-state index contributed by atoms with van der Waals surface area (Å²) in [7, 11) is 0. The van der Waals surface area contributed by atoms with Crippen molar-refractivity contribution in [2.75, 3.05) is 31.1 Å². The Hall–Kier alpha value is -2.29. The van der Waals surface area contributed by atoms with E-state index in [1.165, 1.54) is 12.3 Å². The molecule has 0 unspecified atom stereocenters. The molecule has 0 bridgehead atoms. The summed E-state index contributed by atoms with van der Waals surface area (Å²) in [6.45, 7) is 8.01. The molecular formula is C23H31F3N4O2. The van der Waals surface area contributed by atoms with E-state index in [4.69, 9.17) is 4.84 Å². The van der Waals surface area contributed by atoms with Gasteiger partial charge in [0.25, 0.3) is 5.91 Å². The lowest BCUT2D eigenvalue weighted by molar-refractivity contribution is -0.137. The van der Waals surface area contributed by atoms with Crippen molar-refractivity contribution in [1.82, 2.24) is 15.4 Å². The zero-order valence-electron chi connectivity index (χ0n) is 18.8. The second kappa shape index (κ2) is 8.24. The number of alkyl halides is 3. The number of anilines is 1. The number of piperazine rings is 1. The number of halogens is 3. The van der Waals surface area contributed by atoms with Crippen molar-refractivity contribution in [3.05, 3.63) is 35.7 Å². The molecule has 6 nitrogen and oxygen atoms in total. The van der Waals surface area contributed by atoms with Gasteiger partial charge in [-0.25, -0.2) is 4.98 Å². The Balaban J connectivity index is 1.37. The number of carbonyl (C=O) groups is 1.